The molecule has 7 nitrogen and oxygen atoms in total. The van der Waals surface area contributed by atoms with Crippen LogP contribution in [0.15, 0.2) is 23.2 Å². The third-order valence-corrected chi connectivity index (χ3v) is 4.11. The van der Waals surface area contributed by atoms with Crippen LogP contribution in [-0.2, 0) is 16.0 Å². The monoisotopic (exact) mass is 380 g/mol. The van der Waals surface area contributed by atoms with Crippen LogP contribution < -0.4 is 15.4 Å². The number of aliphatic imine (C=N–C) groups is 1. The van der Waals surface area contributed by atoms with Gasteiger partial charge in [-0.2, -0.15) is 0 Å². The molecule has 0 aliphatic heterocycles. The van der Waals surface area contributed by atoms with Gasteiger partial charge in [0, 0.05) is 66.0 Å². The molecule has 0 spiro atoms. The van der Waals surface area contributed by atoms with Crippen molar-refractivity contribution < 1.29 is 14.2 Å². The second-order valence-electron chi connectivity index (χ2n) is 6.45. The van der Waals surface area contributed by atoms with Crippen molar-refractivity contribution >= 4 is 5.96 Å². The number of ether oxygens (including phenoxy) is 3. The van der Waals surface area contributed by atoms with Crippen molar-refractivity contribution in [3.8, 4) is 5.75 Å². The molecule has 0 atom stereocenters. The number of rotatable bonds is 13. The summed E-state index contributed by atoms with van der Waals surface area (Å²) in [7, 11) is 7.28. The highest BCUT2D eigenvalue weighted by Gasteiger charge is 2.06. The molecule has 0 aliphatic carbocycles. The molecule has 0 saturated heterocycles. The van der Waals surface area contributed by atoms with Crippen LogP contribution in [0.4, 0.5) is 0 Å². The molecule has 27 heavy (non-hydrogen) atoms. The van der Waals surface area contributed by atoms with Gasteiger partial charge in [0.05, 0.1) is 13.2 Å². The predicted molar refractivity (Wildman–Crippen MR) is 111 cm³/mol. The summed E-state index contributed by atoms with van der Waals surface area (Å²) in [5, 5.41) is 6.69. The normalized spacial score (nSPS) is 11.7. The molecule has 0 unspecified atom stereocenters. The summed E-state index contributed by atoms with van der Waals surface area (Å²) in [6.07, 6.45) is 0.872. The highest BCUT2D eigenvalue weighted by atomic mass is 16.5. The predicted octanol–water partition coefficient (Wildman–Crippen LogP) is 1.65. The fraction of sp³-hybridized carbons (Fsp3) is 0.650. The zero-order valence-corrected chi connectivity index (χ0v) is 17.5. The lowest BCUT2D eigenvalue weighted by Gasteiger charge is -2.18. The number of nitrogens with zero attached hydrogens (tertiary/aromatic N) is 2. The Morgan fingerprint density at radius 1 is 1.07 bits per heavy atom. The molecule has 0 heterocycles. The van der Waals surface area contributed by atoms with Gasteiger partial charge in [0.2, 0.25) is 0 Å². The van der Waals surface area contributed by atoms with Crippen LogP contribution in [-0.4, -0.2) is 78.6 Å². The van der Waals surface area contributed by atoms with Crippen LogP contribution in [0.5, 0.6) is 5.75 Å². The fourth-order valence-electron chi connectivity index (χ4n) is 2.45. The summed E-state index contributed by atoms with van der Waals surface area (Å²) < 4.78 is 16.1. The summed E-state index contributed by atoms with van der Waals surface area (Å²) in [6, 6.07) is 6.27. The Morgan fingerprint density at radius 3 is 2.56 bits per heavy atom. The van der Waals surface area contributed by atoms with Crippen LogP contribution in [0.3, 0.4) is 0 Å². The number of benzene rings is 1. The van der Waals surface area contributed by atoms with E-state index < -0.39 is 0 Å². The summed E-state index contributed by atoms with van der Waals surface area (Å²) in [5.41, 5.74) is 2.29. The van der Waals surface area contributed by atoms with E-state index in [-0.39, 0.29) is 0 Å². The first-order valence-corrected chi connectivity index (χ1v) is 9.44. The summed E-state index contributed by atoms with van der Waals surface area (Å²) >= 11 is 0. The lowest BCUT2D eigenvalue weighted by Crippen LogP contribution is -2.41. The van der Waals surface area contributed by atoms with E-state index in [0.29, 0.717) is 19.8 Å². The molecule has 0 radical (unpaired) electrons. The third-order valence-electron chi connectivity index (χ3n) is 4.11. The Morgan fingerprint density at radius 2 is 1.85 bits per heavy atom. The van der Waals surface area contributed by atoms with E-state index in [9.17, 15) is 0 Å². The summed E-state index contributed by atoms with van der Waals surface area (Å²) in [5.74, 6) is 1.69. The van der Waals surface area contributed by atoms with Crippen molar-refractivity contribution in [2.45, 2.75) is 19.9 Å². The Labute approximate surface area is 164 Å². The number of guanidine groups is 1. The average Bonchev–Trinajstić information content (AvgIpc) is 2.67. The zero-order valence-electron chi connectivity index (χ0n) is 17.5. The van der Waals surface area contributed by atoms with Crippen LogP contribution in [0.1, 0.15) is 17.5 Å². The zero-order chi connectivity index (χ0) is 19.9. The minimum absolute atomic E-state index is 0.644. The van der Waals surface area contributed by atoms with E-state index in [2.05, 4.69) is 52.7 Å². The van der Waals surface area contributed by atoms with Crippen molar-refractivity contribution in [2.75, 3.05) is 67.8 Å². The van der Waals surface area contributed by atoms with Crippen molar-refractivity contribution in [3.05, 3.63) is 29.3 Å². The van der Waals surface area contributed by atoms with Gasteiger partial charge in [0.25, 0.3) is 0 Å². The van der Waals surface area contributed by atoms with Crippen LogP contribution in [0, 0.1) is 6.92 Å². The van der Waals surface area contributed by atoms with Gasteiger partial charge in [0.1, 0.15) is 5.75 Å². The maximum absolute atomic E-state index is 5.94. The second kappa shape index (κ2) is 14.3. The Hall–Kier alpha value is -1.83. The van der Waals surface area contributed by atoms with Crippen LogP contribution in [0.25, 0.3) is 0 Å². The second-order valence-corrected chi connectivity index (χ2v) is 6.45. The smallest absolute Gasteiger partial charge is 0.191 e. The number of methoxy groups -OCH3 is 2. The minimum Gasteiger partial charge on any atom is -0.493 e. The number of hydrogen-bond donors (Lipinski definition) is 2. The van der Waals surface area contributed by atoms with E-state index in [1.807, 2.05) is 0 Å². The van der Waals surface area contributed by atoms with Gasteiger partial charge >= 0.3 is 0 Å². The van der Waals surface area contributed by atoms with E-state index in [4.69, 9.17) is 14.2 Å². The molecule has 0 amide bonds. The van der Waals surface area contributed by atoms with E-state index in [0.717, 1.165) is 49.9 Å². The highest BCUT2D eigenvalue weighted by molar-refractivity contribution is 5.79. The van der Waals surface area contributed by atoms with Gasteiger partial charge in [-0.05, 0) is 25.6 Å². The standard InChI is InChI=1S/C20H36N4O3/c1-17-7-8-18(19(15-17)27-13-6-12-25-4)16-23-20(21-2)22-9-10-24(3)11-14-26-5/h7-8,15H,6,9-14,16H2,1-5H3,(H2,21,22,23). The lowest BCUT2D eigenvalue weighted by atomic mass is 10.1. The molecule has 2 N–H and O–H groups in total. The van der Waals surface area contributed by atoms with Gasteiger partial charge in [0.15, 0.2) is 5.96 Å². The Bertz CT molecular complexity index is 552. The SMILES string of the molecule is CN=C(NCCN(C)CCOC)NCc1ccc(C)cc1OCCCOC. The quantitative estimate of drug-likeness (QED) is 0.308. The van der Waals surface area contributed by atoms with Gasteiger partial charge in [-0.3, -0.25) is 4.99 Å². The molecule has 0 saturated carbocycles. The highest BCUT2D eigenvalue weighted by Crippen LogP contribution is 2.20. The maximum atomic E-state index is 5.94. The van der Waals surface area contributed by atoms with Crippen molar-refractivity contribution in [2.24, 2.45) is 4.99 Å². The first-order valence-electron chi connectivity index (χ1n) is 9.44. The van der Waals surface area contributed by atoms with E-state index in [1.54, 1.807) is 21.3 Å². The minimum atomic E-state index is 0.644. The molecule has 7 heteroatoms. The number of aryl methyl sites for hydroxylation is 1. The number of likely N-dealkylation sites (N-methyl/N-ethyl adjacent to an activating group) is 1. The van der Waals surface area contributed by atoms with Gasteiger partial charge in [-0.1, -0.05) is 12.1 Å². The van der Waals surface area contributed by atoms with Gasteiger partial charge in [-0.15, -0.1) is 0 Å². The molecule has 154 valence electrons. The van der Waals surface area contributed by atoms with Crippen LogP contribution >= 0.6 is 0 Å². The fourth-order valence-corrected chi connectivity index (χ4v) is 2.45. The molecule has 0 aromatic heterocycles. The topological polar surface area (TPSA) is 67.4 Å². The molecule has 0 aliphatic rings. The first kappa shape index (κ1) is 23.2. The molecule has 1 aromatic carbocycles. The summed E-state index contributed by atoms with van der Waals surface area (Å²) in [6.45, 7) is 7.46. The Kier molecular flexibility index (Phi) is 12.3. The molecule has 1 aromatic rings. The first-order chi connectivity index (χ1) is 13.1. The van der Waals surface area contributed by atoms with Crippen molar-refractivity contribution in [3.63, 3.8) is 0 Å². The van der Waals surface area contributed by atoms with Crippen LogP contribution in [0.2, 0.25) is 0 Å². The van der Waals surface area contributed by atoms with E-state index in [1.165, 1.54) is 5.56 Å². The Balaban J connectivity index is 2.47. The largest absolute Gasteiger partial charge is 0.493 e. The molecular formula is C20H36N4O3. The molecular weight excluding hydrogens is 344 g/mol. The maximum Gasteiger partial charge on any atom is 0.191 e. The molecule has 1 rings (SSSR count). The van der Waals surface area contributed by atoms with Crippen molar-refractivity contribution in [1.29, 1.82) is 0 Å². The summed E-state index contributed by atoms with van der Waals surface area (Å²) in [4.78, 5) is 6.51. The lowest BCUT2D eigenvalue weighted by molar-refractivity contribution is 0.162. The van der Waals surface area contributed by atoms with Gasteiger partial charge < -0.3 is 29.7 Å². The molecule has 0 bridgehead atoms. The van der Waals surface area contributed by atoms with Crippen molar-refractivity contribution in [1.82, 2.24) is 15.5 Å². The third kappa shape index (κ3) is 10.2. The van der Waals surface area contributed by atoms with Gasteiger partial charge in [-0.25, -0.2) is 0 Å². The number of hydrogen-bond acceptors (Lipinski definition) is 5. The van der Waals surface area contributed by atoms with E-state index >= 15 is 0 Å². The average molecular weight is 381 g/mol. The number of nitrogens with one attached hydrogen (secondary N) is 2. The molecule has 0 fully saturated rings.